The Morgan fingerprint density at radius 1 is 0.682 bits per heavy atom. The zero-order chi connectivity index (χ0) is 32.1. The first-order valence-electron chi connectivity index (χ1n) is 13.0. The molecule has 0 amide bonds. The third-order valence-corrected chi connectivity index (χ3v) is 7.47. The summed E-state index contributed by atoms with van der Waals surface area (Å²) in [7, 11) is -6.33. The second-order valence-corrected chi connectivity index (χ2v) is 11.2. The molecule has 0 saturated heterocycles. The van der Waals surface area contributed by atoms with Crippen molar-refractivity contribution in [2.45, 2.75) is 24.0 Å². The minimum Gasteiger partial charge on any atom is -0.508 e. The highest BCUT2D eigenvalue weighted by Crippen LogP contribution is 2.41. The molecule has 4 aromatic carbocycles. The van der Waals surface area contributed by atoms with Crippen LogP contribution in [0.1, 0.15) is 12.8 Å². The minimum atomic E-state index is -6.33. The molecule has 0 unspecified atom stereocenters. The summed E-state index contributed by atoms with van der Waals surface area (Å²) >= 11 is 0. The van der Waals surface area contributed by atoms with Gasteiger partial charge in [-0.3, -0.25) is 4.55 Å². The van der Waals surface area contributed by atoms with Gasteiger partial charge >= 0.3 is 27.3 Å². The minimum absolute atomic E-state index is 0.130. The lowest BCUT2D eigenvalue weighted by Gasteiger charge is -2.23. The van der Waals surface area contributed by atoms with Gasteiger partial charge in [0.25, 0.3) is 0 Å². The Balaban J connectivity index is 1.40. The van der Waals surface area contributed by atoms with Crippen LogP contribution in [0, 0.1) is 0 Å². The monoisotopic (exact) mass is 634 g/mol. The zero-order valence-electron chi connectivity index (χ0n) is 22.8. The number of carbonyl (C=O) groups is 1. The Hall–Kier alpha value is -4.62. The number of halogens is 4. The SMILES string of the molecule is O=C(COc1ccc(-c2cc(-c3ccc(O)cc3)cc(-c3ccc(O)cc3)c2)cc1)OCCCC(F)(F)C(F)(F)S(=O)(=O)O. The average Bonchev–Trinajstić information content (AvgIpc) is 2.98. The highest BCUT2D eigenvalue weighted by Gasteiger charge is 2.64. The molecule has 0 aromatic heterocycles. The highest BCUT2D eigenvalue weighted by molar-refractivity contribution is 7.87. The van der Waals surface area contributed by atoms with E-state index in [-0.39, 0.29) is 17.2 Å². The maximum Gasteiger partial charge on any atom is 0.431 e. The molecule has 0 fully saturated rings. The molecule has 3 N–H and O–H groups in total. The van der Waals surface area contributed by atoms with Gasteiger partial charge in [-0.05, 0) is 94.4 Å². The van der Waals surface area contributed by atoms with Crippen molar-refractivity contribution >= 4 is 16.1 Å². The van der Waals surface area contributed by atoms with Gasteiger partial charge in [-0.25, -0.2) is 4.79 Å². The summed E-state index contributed by atoms with van der Waals surface area (Å²) in [5.74, 6) is -5.51. The van der Waals surface area contributed by atoms with Crippen molar-refractivity contribution in [1.82, 2.24) is 0 Å². The number of benzene rings is 4. The first kappa shape index (κ1) is 32.3. The molecule has 0 radical (unpaired) electrons. The molecule has 0 aliphatic rings. The van der Waals surface area contributed by atoms with Crippen LogP contribution >= 0.6 is 0 Å². The Kier molecular flexibility index (Phi) is 9.50. The van der Waals surface area contributed by atoms with Gasteiger partial charge in [-0.2, -0.15) is 26.0 Å². The lowest BCUT2D eigenvalue weighted by molar-refractivity contribution is -0.167. The van der Waals surface area contributed by atoms with Crippen LogP contribution < -0.4 is 4.74 Å². The van der Waals surface area contributed by atoms with Gasteiger partial charge in [0.1, 0.15) is 17.2 Å². The van der Waals surface area contributed by atoms with Gasteiger partial charge in [-0.1, -0.05) is 36.4 Å². The van der Waals surface area contributed by atoms with Crippen molar-refractivity contribution in [3.8, 4) is 50.6 Å². The van der Waals surface area contributed by atoms with Crippen LogP contribution in [-0.4, -0.2) is 53.5 Å². The Morgan fingerprint density at radius 2 is 1.09 bits per heavy atom. The number of hydrogen-bond donors (Lipinski definition) is 3. The fourth-order valence-electron chi connectivity index (χ4n) is 4.18. The maximum absolute atomic E-state index is 13.5. The number of aromatic hydroxyl groups is 2. The number of esters is 1. The molecule has 44 heavy (non-hydrogen) atoms. The Bertz CT molecular complexity index is 1640. The van der Waals surface area contributed by atoms with E-state index in [0.29, 0.717) is 0 Å². The second kappa shape index (κ2) is 12.9. The summed E-state index contributed by atoms with van der Waals surface area (Å²) < 4.78 is 93.0. The van der Waals surface area contributed by atoms with Gasteiger partial charge < -0.3 is 19.7 Å². The number of phenols is 2. The molecule has 232 valence electrons. The summed E-state index contributed by atoms with van der Waals surface area (Å²) in [6, 6.07) is 26.0. The summed E-state index contributed by atoms with van der Waals surface area (Å²) in [6.45, 7) is -1.32. The van der Waals surface area contributed by atoms with Gasteiger partial charge in [0.05, 0.1) is 6.61 Å². The quantitative estimate of drug-likeness (QED) is 0.0663. The van der Waals surface area contributed by atoms with Crippen molar-refractivity contribution in [2.24, 2.45) is 0 Å². The van der Waals surface area contributed by atoms with Crippen molar-refractivity contribution in [2.75, 3.05) is 13.2 Å². The molecule has 8 nitrogen and oxygen atoms in total. The first-order valence-corrected chi connectivity index (χ1v) is 14.5. The topological polar surface area (TPSA) is 130 Å². The molecular weight excluding hydrogens is 608 g/mol. The van der Waals surface area contributed by atoms with Crippen LogP contribution in [0.2, 0.25) is 0 Å². The molecule has 13 heteroatoms. The number of alkyl halides is 4. The standard InChI is InChI=1S/C31H26F4O8S/c32-30(33,31(34,35)44(39,40)41)14-1-15-42-29(38)19-43-28-12-6-22(7-13-28)25-17-23(20-2-8-26(36)9-3-20)16-24(18-25)21-4-10-27(37)11-5-21/h2-13,16-18,36-37H,1,14-15,19H2,(H,39,40,41). The van der Waals surface area contributed by atoms with E-state index in [1.807, 2.05) is 18.2 Å². The predicted molar refractivity (Wildman–Crippen MR) is 153 cm³/mol. The number of hydrogen-bond acceptors (Lipinski definition) is 7. The average molecular weight is 635 g/mol. The van der Waals surface area contributed by atoms with E-state index in [1.54, 1.807) is 72.8 Å². The van der Waals surface area contributed by atoms with E-state index in [0.717, 1.165) is 33.4 Å². The van der Waals surface area contributed by atoms with Crippen LogP contribution in [-0.2, 0) is 19.6 Å². The van der Waals surface area contributed by atoms with E-state index in [2.05, 4.69) is 0 Å². The van der Waals surface area contributed by atoms with Gasteiger partial charge in [0.2, 0.25) is 0 Å². The molecule has 0 atom stereocenters. The predicted octanol–water partition coefficient (Wildman–Crippen LogP) is 6.92. The number of ether oxygens (including phenoxy) is 2. The number of phenolic OH excluding ortho intramolecular Hbond substituents is 2. The van der Waals surface area contributed by atoms with Crippen molar-refractivity contribution < 1.29 is 55.0 Å². The highest BCUT2D eigenvalue weighted by atomic mass is 32.2. The van der Waals surface area contributed by atoms with Crippen LogP contribution in [0.4, 0.5) is 17.6 Å². The third kappa shape index (κ3) is 7.66. The lowest BCUT2D eigenvalue weighted by Crippen LogP contribution is -2.46. The van der Waals surface area contributed by atoms with E-state index >= 15 is 0 Å². The number of carbonyl (C=O) groups excluding carboxylic acids is 1. The molecule has 0 bridgehead atoms. The third-order valence-electron chi connectivity index (χ3n) is 6.53. The Morgan fingerprint density at radius 3 is 1.50 bits per heavy atom. The largest absolute Gasteiger partial charge is 0.508 e. The summed E-state index contributed by atoms with van der Waals surface area (Å²) in [6.07, 6.45) is -2.45. The van der Waals surface area contributed by atoms with Gasteiger partial charge in [-0.15, -0.1) is 0 Å². The van der Waals surface area contributed by atoms with Crippen molar-refractivity contribution in [3.63, 3.8) is 0 Å². The first-order chi connectivity index (χ1) is 20.7. The molecular formula is C31H26F4O8S. The van der Waals surface area contributed by atoms with Crippen LogP contribution in [0.5, 0.6) is 17.2 Å². The van der Waals surface area contributed by atoms with E-state index in [9.17, 15) is 41.0 Å². The molecule has 0 saturated carbocycles. The smallest absolute Gasteiger partial charge is 0.431 e. The lowest BCUT2D eigenvalue weighted by atomic mass is 9.93. The van der Waals surface area contributed by atoms with E-state index < -0.39 is 53.3 Å². The van der Waals surface area contributed by atoms with E-state index in [1.165, 1.54) is 0 Å². The molecule has 0 heterocycles. The molecule has 0 aliphatic heterocycles. The van der Waals surface area contributed by atoms with Crippen LogP contribution in [0.15, 0.2) is 91.0 Å². The molecule has 4 aromatic rings. The Labute approximate surface area is 249 Å². The van der Waals surface area contributed by atoms with E-state index in [4.69, 9.17) is 14.0 Å². The summed E-state index contributed by atoms with van der Waals surface area (Å²) in [4.78, 5) is 11.9. The maximum atomic E-state index is 13.5. The zero-order valence-corrected chi connectivity index (χ0v) is 23.6. The van der Waals surface area contributed by atoms with Gasteiger partial charge in [0, 0.05) is 6.42 Å². The van der Waals surface area contributed by atoms with Crippen LogP contribution in [0.3, 0.4) is 0 Å². The van der Waals surface area contributed by atoms with Gasteiger partial charge in [0.15, 0.2) is 6.61 Å². The molecule has 0 aliphatic carbocycles. The normalized spacial score (nSPS) is 12.1. The van der Waals surface area contributed by atoms with Crippen LogP contribution in [0.25, 0.3) is 33.4 Å². The summed E-state index contributed by atoms with van der Waals surface area (Å²) in [5.41, 5.74) is 5.09. The fourth-order valence-corrected chi connectivity index (χ4v) is 4.66. The van der Waals surface area contributed by atoms with Crippen molar-refractivity contribution in [1.29, 1.82) is 0 Å². The number of rotatable bonds is 12. The molecule has 0 spiro atoms. The van der Waals surface area contributed by atoms with Crippen molar-refractivity contribution in [3.05, 3.63) is 91.0 Å². The molecule has 4 rings (SSSR count). The fraction of sp³-hybridized carbons (Fsp3) is 0.194. The second-order valence-electron chi connectivity index (χ2n) is 9.73. The summed E-state index contributed by atoms with van der Waals surface area (Å²) in [5, 5.41) is 13.7.